The van der Waals surface area contributed by atoms with E-state index in [0.29, 0.717) is 22.6 Å². The van der Waals surface area contributed by atoms with Gasteiger partial charge in [-0.1, -0.05) is 0 Å². The highest BCUT2D eigenvalue weighted by atomic mass is 16.5. The second kappa shape index (κ2) is 6.76. The molecule has 0 unspecified atom stereocenters. The topological polar surface area (TPSA) is 78.6 Å². The van der Waals surface area contributed by atoms with Gasteiger partial charge < -0.3 is 15.2 Å². The highest BCUT2D eigenvalue weighted by Gasteiger charge is 2.17. The van der Waals surface area contributed by atoms with Gasteiger partial charge in [-0.05, 0) is 55.5 Å². The second-order valence-corrected chi connectivity index (χ2v) is 4.74. The van der Waals surface area contributed by atoms with E-state index in [1.54, 1.807) is 62.6 Å². The van der Waals surface area contributed by atoms with Gasteiger partial charge in [0.15, 0.2) is 6.10 Å². The van der Waals surface area contributed by atoms with Gasteiger partial charge in [0, 0.05) is 11.1 Å². The van der Waals surface area contributed by atoms with Crippen molar-refractivity contribution in [2.45, 2.75) is 13.0 Å². The number of hydrogen-bond donors (Lipinski definition) is 1. The average molecular weight is 299 g/mol. The molecule has 2 aromatic carbocycles. The van der Waals surface area contributed by atoms with Crippen molar-refractivity contribution >= 4 is 11.7 Å². The fourth-order valence-corrected chi connectivity index (χ4v) is 1.95. The molecule has 2 rings (SSSR count). The van der Waals surface area contributed by atoms with Crippen molar-refractivity contribution in [3.05, 3.63) is 59.7 Å². The summed E-state index contributed by atoms with van der Waals surface area (Å²) in [7, 11) is 1.57. The number of ether oxygens (including phenoxy) is 2. The number of ketones is 1. The zero-order valence-electron chi connectivity index (χ0n) is 12.4. The van der Waals surface area contributed by atoms with E-state index in [9.17, 15) is 9.59 Å². The summed E-state index contributed by atoms with van der Waals surface area (Å²) >= 11 is 0. The van der Waals surface area contributed by atoms with Crippen LogP contribution in [0.2, 0.25) is 0 Å². The van der Waals surface area contributed by atoms with E-state index in [1.807, 2.05) is 0 Å². The Morgan fingerprint density at radius 3 is 1.91 bits per heavy atom. The lowest BCUT2D eigenvalue weighted by atomic mass is 10.1. The summed E-state index contributed by atoms with van der Waals surface area (Å²) in [4.78, 5) is 23.3. The van der Waals surface area contributed by atoms with Crippen LogP contribution in [0.25, 0.3) is 0 Å². The van der Waals surface area contributed by atoms with Crippen LogP contribution in [0.15, 0.2) is 48.5 Å². The van der Waals surface area contributed by atoms with Crippen LogP contribution in [0.3, 0.4) is 0 Å². The first-order valence-corrected chi connectivity index (χ1v) is 6.76. The molecule has 0 radical (unpaired) electrons. The predicted octanol–water partition coefficient (Wildman–Crippen LogP) is 2.44. The first kappa shape index (κ1) is 15.6. The molecule has 0 saturated carbocycles. The molecule has 0 aliphatic carbocycles. The molecule has 0 heterocycles. The number of benzene rings is 2. The minimum atomic E-state index is -0.646. The SMILES string of the molecule is COc1ccc(C(=O)[C@@H](C)Oc2ccc(C(N)=O)cc2)cc1. The lowest BCUT2D eigenvalue weighted by molar-refractivity contribution is 0.0817. The molecular formula is C17H17NO4. The van der Waals surface area contributed by atoms with Crippen LogP contribution >= 0.6 is 0 Å². The molecule has 0 saturated heterocycles. The lowest BCUT2D eigenvalue weighted by Crippen LogP contribution is -2.23. The molecular weight excluding hydrogens is 282 g/mol. The van der Waals surface area contributed by atoms with Crippen LogP contribution in [-0.2, 0) is 0 Å². The van der Waals surface area contributed by atoms with Gasteiger partial charge in [0.25, 0.3) is 0 Å². The quantitative estimate of drug-likeness (QED) is 0.831. The van der Waals surface area contributed by atoms with Gasteiger partial charge in [-0.25, -0.2) is 0 Å². The van der Waals surface area contributed by atoms with Crippen molar-refractivity contribution < 1.29 is 19.1 Å². The van der Waals surface area contributed by atoms with E-state index in [2.05, 4.69) is 0 Å². The number of Topliss-reactive ketones (excluding diaryl/α,β-unsaturated/α-hetero) is 1. The van der Waals surface area contributed by atoms with Gasteiger partial charge in [0.05, 0.1) is 7.11 Å². The summed E-state index contributed by atoms with van der Waals surface area (Å²) in [6, 6.07) is 13.2. The molecule has 114 valence electrons. The summed E-state index contributed by atoms with van der Waals surface area (Å²) in [5, 5.41) is 0. The molecule has 1 atom stereocenters. The van der Waals surface area contributed by atoms with Crippen LogP contribution in [0, 0.1) is 0 Å². The maximum atomic E-state index is 12.3. The molecule has 0 aromatic heterocycles. The van der Waals surface area contributed by atoms with Crippen LogP contribution in [0.4, 0.5) is 0 Å². The third kappa shape index (κ3) is 3.63. The number of amides is 1. The monoisotopic (exact) mass is 299 g/mol. The maximum absolute atomic E-state index is 12.3. The van der Waals surface area contributed by atoms with Crippen molar-refractivity contribution in [3.8, 4) is 11.5 Å². The Kier molecular flexibility index (Phi) is 4.78. The molecule has 0 aliphatic heterocycles. The standard InChI is InChI=1S/C17H17NO4/c1-11(16(19)12-3-7-14(21-2)8-4-12)22-15-9-5-13(6-10-15)17(18)20/h3-11H,1-2H3,(H2,18,20)/t11-/m1/s1. The second-order valence-electron chi connectivity index (χ2n) is 4.74. The fraction of sp³-hybridized carbons (Fsp3) is 0.176. The number of methoxy groups -OCH3 is 1. The van der Waals surface area contributed by atoms with Crippen molar-refractivity contribution in [3.63, 3.8) is 0 Å². The molecule has 1 amide bonds. The Morgan fingerprint density at radius 2 is 1.41 bits per heavy atom. The number of nitrogens with two attached hydrogens (primary N) is 1. The van der Waals surface area contributed by atoms with Crippen LogP contribution in [-0.4, -0.2) is 24.9 Å². The summed E-state index contributed by atoms with van der Waals surface area (Å²) in [5.74, 6) is 0.544. The number of hydrogen-bond acceptors (Lipinski definition) is 4. The third-order valence-corrected chi connectivity index (χ3v) is 3.20. The van der Waals surface area contributed by atoms with Crippen molar-refractivity contribution in [2.24, 2.45) is 5.73 Å². The smallest absolute Gasteiger partial charge is 0.248 e. The van der Waals surface area contributed by atoms with E-state index < -0.39 is 12.0 Å². The highest BCUT2D eigenvalue weighted by molar-refractivity contribution is 5.99. The Morgan fingerprint density at radius 1 is 0.909 bits per heavy atom. The molecule has 0 fully saturated rings. The molecule has 5 heteroatoms. The summed E-state index contributed by atoms with van der Waals surface area (Å²) in [6.45, 7) is 1.68. The van der Waals surface area contributed by atoms with Gasteiger partial charge in [0.2, 0.25) is 11.7 Å². The summed E-state index contributed by atoms with van der Waals surface area (Å²) in [5.41, 5.74) is 6.10. The van der Waals surface area contributed by atoms with Gasteiger partial charge >= 0.3 is 0 Å². The van der Waals surface area contributed by atoms with Crippen LogP contribution in [0.5, 0.6) is 11.5 Å². The predicted molar refractivity (Wildman–Crippen MR) is 82.4 cm³/mol. The van der Waals surface area contributed by atoms with Gasteiger partial charge in [-0.15, -0.1) is 0 Å². The number of primary amides is 1. The van der Waals surface area contributed by atoms with E-state index in [4.69, 9.17) is 15.2 Å². The Balaban J connectivity index is 2.05. The minimum Gasteiger partial charge on any atom is -0.497 e. The largest absolute Gasteiger partial charge is 0.497 e. The molecule has 2 aromatic rings. The highest BCUT2D eigenvalue weighted by Crippen LogP contribution is 2.17. The zero-order chi connectivity index (χ0) is 16.1. The number of carbonyl (C=O) groups excluding carboxylic acids is 2. The molecule has 0 bridgehead atoms. The fourth-order valence-electron chi connectivity index (χ4n) is 1.95. The molecule has 5 nitrogen and oxygen atoms in total. The zero-order valence-corrected chi connectivity index (χ0v) is 12.4. The van der Waals surface area contributed by atoms with Gasteiger partial charge in [-0.3, -0.25) is 9.59 Å². The lowest BCUT2D eigenvalue weighted by Gasteiger charge is -2.14. The van der Waals surface area contributed by atoms with E-state index >= 15 is 0 Å². The van der Waals surface area contributed by atoms with Crippen LogP contribution in [0.1, 0.15) is 27.6 Å². The Bertz CT molecular complexity index is 662. The minimum absolute atomic E-state index is 0.137. The van der Waals surface area contributed by atoms with Crippen molar-refractivity contribution in [1.82, 2.24) is 0 Å². The molecule has 0 aliphatic rings. The van der Waals surface area contributed by atoms with E-state index in [1.165, 1.54) is 0 Å². The first-order chi connectivity index (χ1) is 10.5. The average Bonchev–Trinajstić information content (AvgIpc) is 2.54. The van der Waals surface area contributed by atoms with E-state index in [0.717, 1.165) is 0 Å². The van der Waals surface area contributed by atoms with Crippen molar-refractivity contribution in [1.29, 1.82) is 0 Å². The maximum Gasteiger partial charge on any atom is 0.248 e. The van der Waals surface area contributed by atoms with Gasteiger partial charge in [-0.2, -0.15) is 0 Å². The molecule has 22 heavy (non-hydrogen) atoms. The molecule has 2 N–H and O–H groups in total. The van der Waals surface area contributed by atoms with Crippen molar-refractivity contribution in [2.75, 3.05) is 7.11 Å². The first-order valence-electron chi connectivity index (χ1n) is 6.76. The molecule has 0 spiro atoms. The third-order valence-electron chi connectivity index (χ3n) is 3.20. The van der Waals surface area contributed by atoms with E-state index in [-0.39, 0.29) is 5.78 Å². The van der Waals surface area contributed by atoms with Gasteiger partial charge in [0.1, 0.15) is 11.5 Å². The van der Waals surface area contributed by atoms with Crippen LogP contribution < -0.4 is 15.2 Å². The number of rotatable bonds is 6. The summed E-state index contributed by atoms with van der Waals surface area (Å²) in [6.07, 6.45) is -0.646. The normalized spacial score (nSPS) is 11.5. The number of carbonyl (C=O) groups is 2. The Labute approximate surface area is 128 Å². The Hall–Kier alpha value is -2.82. The summed E-state index contributed by atoms with van der Waals surface area (Å²) < 4.78 is 10.6.